The lowest BCUT2D eigenvalue weighted by molar-refractivity contribution is -0.127. The summed E-state index contributed by atoms with van der Waals surface area (Å²) in [6, 6.07) is 31.8. The molecule has 11 nitrogen and oxygen atoms in total. The molecule has 0 aliphatic heterocycles. The van der Waals surface area contributed by atoms with Crippen LogP contribution in [-0.2, 0) is 45.2 Å². The van der Waals surface area contributed by atoms with E-state index in [4.69, 9.17) is 9.47 Å². The number of aryl methyl sites for hydroxylation is 1. The van der Waals surface area contributed by atoms with Gasteiger partial charge < -0.3 is 35.6 Å². The minimum atomic E-state index is -1.04. The van der Waals surface area contributed by atoms with Gasteiger partial charge in [0.15, 0.2) is 0 Å². The van der Waals surface area contributed by atoms with Crippen molar-refractivity contribution in [2.75, 3.05) is 32.5 Å². The summed E-state index contributed by atoms with van der Waals surface area (Å²) in [6.45, 7) is 3.39. The minimum absolute atomic E-state index is 0.0147. The van der Waals surface area contributed by atoms with Gasteiger partial charge in [-0.3, -0.25) is 14.4 Å². The number of ether oxygens (including phenoxy) is 2. The normalized spacial score (nSPS) is 11.9. The van der Waals surface area contributed by atoms with Crippen molar-refractivity contribution in [3.05, 3.63) is 131 Å². The number of anilines is 1. The lowest BCUT2D eigenvalue weighted by Gasteiger charge is -2.22. The highest BCUT2D eigenvalue weighted by Gasteiger charge is 2.26. The van der Waals surface area contributed by atoms with E-state index in [9.17, 15) is 19.2 Å². The second-order valence-corrected chi connectivity index (χ2v) is 12.8. The van der Waals surface area contributed by atoms with Crippen LogP contribution < -0.4 is 26.0 Å². The molecule has 11 heteroatoms. The Morgan fingerprint density at radius 3 is 2.02 bits per heavy atom. The summed E-state index contributed by atoms with van der Waals surface area (Å²) < 4.78 is 11.3. The number of nitrogens with zero attached hydrogens (tertiary/aromatic N) is 1. The third-order valence-electron chi connectivity index (χ3n) is 8.19. The second kappa shape index (κ2) is 20.9. The van der Waals surface area contributed by atoms with Crippen LogP contribution >= 0.6 is 0 Å². The second-order valence-electron chi connectivity index (χ2n) is 12.8. The number of benzene rings is 4. The van der Waals surface area contributed by atoms with Gasteiger partial charge in [-0.2, -0.15) is 0 Å². The van der Waals surface area contributed by atoms with Crippen molar-refractivity contribution < 1.29 is 28.7 Å². The number of carbonyl (C=O) groups is 4. The molecule has 2 atom stereocenters. The maximum absolute atomic E-state index is 13.6. The number of likely N-dealkylation sites (N-methyl/N-ethyl adjacent to an activating group) is 1. The molecule has 0 bridgehead atoms. The molecule has 0 aliphatic rings. The van der Waals surface area contributed by atoms with Crippen molar-refractivity contribution in [3.8, 4) is 5.75 Å². The fraction of sp³-hybridized carbons (Fsp3) is 0.317. The molecule has 0 saturated carbocycles. The Bertz CT molecular complexity index is 1720. The van der Waals surface area contributed by atoms with Gasteiger partial charge in [0.05, 0.1) is 0 Å². The number of carbonyl (C=O) groups excluding carboxylic acids is 4. The quantitative estimate of drug-likeness (QED) is 0.105. The maximum atomic E-state index is 13.6. The Kier molecular flexibility index (Phi) is 15.7. The largest absolute Gasteiger partial charge is 0.489 e. The molecule has 0 aromatic heterocycles. The van der Waals surface area contributed by atoms with Gasteiger partial charge in [-0.1, -0.05) is 91.0 Å². The van der Waals surface area contributed by atoms with Crippen molar-refractivity contribution in [1.82, 2.24) is 20.9 Å². The van der Waals surface area contributed by atoms with Crippen LogP contribution in [0.15, 0.2) is 109 Å². The Hall–Kier alpha value is -5.68. The predicted molar refractivity (Wildman–Crippen MR) is 202 cm³/mol. The number of amides is 4. The van der Waals surface area contributed by atoms with Crippen LogP contribution in [-0.4, -0.2) is 68.0 Å². The lowest BCUT2D eigenvalue weighted by atomic mass is 10.0. The first-order chi connectivity index (χ1) is 25.2. The monoisotopic (exact) mass is 707 g/mol. The van der Waals surface area contributed by atoms with Crippen molar-refractivity contribution in [2.24, 2.45) is 0 Å². The summed E-state index contributed by atoms with van der Waals surface area (Å²) in [6.07, 6.45) is 0.954. The molecule has 274 valence electrons. The van der Waals surface area contributed by atoms with Gasteiger partial charge in [0.1, 0.15) is 31.0 Å². The number of rotatable bonds is 19. The van der Waals surface area contributed by atoms with Crippen LogP contribution in [0.2, 0.25) is 0 Å². The van der Waals surface area contributed by atoms with E-state index in [0.29, 0.717) is 43.9 Å². The van der Waals surface area contributed by atoms with Gasteiger partial charge in [0, 0.05) is 31.6 Å². The van der Waals surface area contributed by atoms with Crippen LogP contribution in [0.3, 0.4) is 0 Å². The summed E-state index contributed by atoms with van der Waals surface area (Å²) in [5.41, 5.74) is 4.10. The van der Waals surface area contributed by atoms with Crippen LogP contribution in [0.5, 0.6) is 5.75 Å². The molecule has 4 aromatic carbocycles. The highest BCUT2D eigenvalue weighted by Crippen LogP contribution is 2.19. The van der Waals surface area contributed by atoms with Crippen molar-refractivity contribution in [2.45, 2.75) is 57.9 Å². The van der Waals surface area contributed by atoms with Gasteiger partial charge in [0.2, 0.25) is 17.7 Å². The first-order valence-electron chi connectivity index (χ1n) is 17.5. The molecule has 0 radical (unpaired) electrons. The SMILES string of the molecule is C[C@@H](NC(=O)[C@H](Cc1ccc(OCc2ccccc2)cc1)NC(=O)OCc1ccccc1)C(=O)Nc1ccccc1CCCC(=O)NCCN(C)C. The van der Waals surface area contributed by atoms with Crippen LogP contribution in [0.25, 0.3) is 0 Å². The van der Waals surface area contributed by atoms with Crippen molar-refractivity contribution >= 4 is 29.5 Å². The molecule has 0 fully saturated rings. The first-order valence-corrected chi connectivity index (χ1v) is 17.5. The highest BCUT2D eigenvalue weighted by atomic mass is 16.5. The highest BCUT2D eigenvalue weighted by molar-refractivity contribution is 5.98. The smallest absolute Gasteiger partial charge is 0.408 e. The van der Waals surface area contributed by atoms with Crippen molar-refractivity contribution in [3.63, 3.8) is 0 Å². The number of para-hydroxylation sites is 1. The molecule has 4 rings (SSSR count). The predicted octanol–water partition coefficient (Wildman–Crippen LogP) is 5.25. The molecule has 4 N–H and O–H groups in total. The van der Waals surface area contributed by atoms with E-state index in [1.165, 1.54) is 0 Å². The average molecular weight is 708 g/mol. The zero-order valence-electron chi connectivity index (χ0n) is 30.1. The van der Waals surface area contributed by atoms with Crippen LogP contribution in [0.1, 0.15) is 42.0 Å². The van der Waals surface area contributed by atoms with Crippen molar-refractivity contribution in [1.29, 1.82) is 0 Å². The Balaban J connectivity index is 1.35. The molecular weight excluding hydrogens is 658 g/mol. The molecule has 0 heterocycles. The fourth-order valence-corrected chi connectivity index (χ4v) is 5.24. The lowest BCUT2D eigenvalue weighted by Crippen LogP contribution is -2.52. The van der Waals surface area contributed by atoms with Gasteiger partial charge in [0.25, 0.3) is 0 Å². The average Bonchev–Trinajstić information content (AvgIpc) is 3.14. The van der Waals surface area contributed by atoms with E-state index in [2.05, 4.69) is 21.3 Å². The van der Waals surface area contributed by atoms with E-state index in [1.54, 1.807) is 13.0 Å². The third-order valence-corrected chi connectivity index (χ3v) is 8.19. The Labute approximate surface area is 306 Å². The topological polar surface area (TPSA) is 138 Å². The summed E-state index contributed by atoms with van der Waals surface area (Å²) in [5.74, 6) is -0.318. The number of hydrogen-bond acceptors (Lipinski definition) is 7. The Morgan fingerprint density at radius 2 is 1.35 bits per heavy atom. The fourth-order valence-electron chi connectivity index (χ4n) is 5.24. The molecule has 4 amide bonds. The number of alkyl carbamates (subject to hydrolysis) is 1. The van der Waals surface area contributed by atoms with E-state index in [1.807, 2.05) is 122 Å². The standard InChI is InChI=1S/C41H49N5O6/c1-30(39(48)44-36-19-11-10-17-34(36)18-12-20-38(47)42-25-26-46(2)3)43-40(49)37(45-41(50)52-29-33-15-8-5-9-16-33)27-31-21-23-35(24-22-31)51-28-32-13-6-4-7-14-32/h4-11,13-17,19,21-24,30,37H,12,18,20,25-29H2,1-3H3,(H,42,47)(H,43,49)(H,44,48)(H,45,50)/t30-,37+/m1/s1. The van der Waals surface area contributed by atoms with E-state index < -0.39 is 30.0 Å². The van der Waals surface area contributed by atoms with Gasteiger partial charge in [-0.25, -0.2) is 4.79 Å². The van der Waals surface area contributed by atoms with Gasteiger partial charge >= 0.3 is 6.09 Å². The number of hydrogen-bond donors (Lipinski definition) is 4. The minimum Gasteiger partial charge on any atom is -0.489 e. The molecule has 0 unspecified atom stereocenters. The zero-order chi connectivity index (χ0) is 37.1. The first kappa shape index (κ1) is 39.1. The molecular formula is C41H49N5O6. The van der Waals surface area contributed by atoms with E-state index >= 15 is 0 Å². The Morgan fingerprint density at radius 1 is 0.712 bits per heavy atom. The molecule has 0 spiro atoms. The van der Waals surface area contributed by atoms with Crippen LogP contribution in [0.4, 0.5) is 10.5 Å². The van der Waals surface area contributed by atoms with E-state index in [0.717, 1.165) is 28.8 Å². The summed E-state index contributed by atoms with van der Waals surface area (Å²) >= 11 is 0. The van der Waals surface area contributed by atoms with Gasteiger partial charge in [-0.05, 0) is 74.3 Å². The maximum Gasteiger partial charge on any atom is 0.408 e. The summed E-state index contributed by atoms with van der Waals surface area (Å²) in [7, 11) is 3.90. The van der Waals surface area contributed by atoms with Crippen LogP contribution in [0, 0.1) is 0 Å². The molecule has 52 heavy (non-hydrogen) atoms. The zero-order valence-corrected chi connectivity index (χ0v) is 30.1. The molecule has 4 aromatic rings. The molecule has 0 aliphatic carbocycles. The van der Waals surface area contributed by atoms with E-state index in [-0.39, 0.29) is 18.9 Å². The molecule has 0 saturated heterocycles. The number of nitrogens with one attached hydrogen (secondary N) is 4. The summed E-state index contributed by atoms with van der Waals surface area (Å²) in [5, 5.41) is 11.3. The third kappa shape index (κ3) is 13.9. The van der Waals surface area contributed by atoms with Gasteiger partial charge in [-0.15, -0.1) is 0 Å². The summed E-state index contributed by atoms with van der Waals surface area (Å²) in [4.78, 5) is 54.0.